The van der Waals surface area contributed by atoms with E-state index in [4.69, 9.17) is 4.42 Å². The number of hydrogen-bond acceptors (Lipinski definition) is 5. The second kappa shape index (κ2) is 6.29. The van der Waals surface area contributed by atoms with Crippen molar-refractivity contribution in [1.82, 2.24) is 20.6 Å². The van der Waals surface area contributed by atoms with Crippen molar-refractivity contribution in [3.63, 3.8) is 0 Å². The van der Waals surface area contributed by atoms with Crippen molar-refractivity contribution in [2.45, 2.75) is 6.54 Å². The average Bonchev–Trinajstić information content (AvgIpc) is 2.96. The molecular formula is C12H12N4O3. The van der Waals surface area contributed by atoms with Crippen LogP contribution in [0.25, 0.3) is 0 Å². The maximum Gasteiger partial charge on any atom is 0.271 e. The predicted octanol–water partition coefficient (Wildman–Crippen LogP) is 0.116. The Balaban J connectivity index is 1.73. The number of carbonyl (C=O) groups excluding carboxylic acids is 2. The van der Waals surface area contributed by atoms with E-state index in [1.54, 1.807) is 12.1 Å². The van der Waals surface area contributed by atoms with E-state index >= 15 is 0 Å². The predicted molar refractivity (Wildman–Crippen MR) is 64.9 cm³/mol. The van der Waals surface area contributed by atoms with Crippen LogP contribution in [0.2, 0.25) is 0 Å². The van der Waals surface area contributed by atoms with Crippen molar-refractivity contribution in [3.8, 4) is 0 Å². The molecule has 7 nitrogen and oxygen atoms in total. The van der Waals surface area contributed by atoms with Gasteiger partial charge in [0.1, 0.15) is 11.5 Å². The third kappa shape index (κ3) is 3.91. The fourth-order valence-corrected chi connectivity index (χ4v) is 1.33. The number of rotatable bonds is 5. The highest BCUT2D eigenvalue weighted by Gasteiger charge is 2.09. The first kappa shape index (κ1) is 12.7. The number of nitrogens with one attached hydrogen (secondary N) is 2. The molecule has 0 aliphatic heterocycles. The molecule has 7 heteroatoms. The van der Waals surface area contributed by atoms with Crippen LogP contribution in [-0.4, -0.2) is 28.3 Å². The fourth-order valence-electron chi connectivity index (χ4n) is 1.33. The summed E-state index contributed by atoms with van der Waals surface area (Å²) in [5.74, 6) is -0.108. The molecule has 0 radical (unpaired) electrons. The molecule has 2 heterocycles. The first-order valence-electron chi connectivity index (χ1n) is 5.59. The minimum atomic E-state index is -0.443. The number of carbonyl (C=O) groups is 2. The second-order valence-electron chi connectivity index (χ2n) is 3.63. The van der Waals surface area contributed by atoms with Gasteiger partial charge in [0.25, 0.3) is 5.91 Å². The molecule has 0 saturated carbocycles. The lowest BCUT2D eigenvalue weighted by Crippen LogP contribution is -2.36. The van der Waals surface area contributed by atoms with E-state index in [-0.39, 0.29) is 24.7 Å². The summed E-state index contributed by atoms with van der Waals surface area (Å²) in [6.07, 6.45) is 5.73. The van der Waals surface area contributed by atoms with Gasteiger partial charge in [-0.25, -0.2) is 4.98 Å². The molecule has 0 fully saturated rings. The third-order valence-corrected chi connectivity index (χ3v) is 2.25. The molecule has 0 unspecified atom stereocenters. The minimum absolute atomic E-state index is 0.129. The number of aromatic nitrogens is 2. The van der Waals surface area contributed by atoms with Crippen LogP contribution >= 0.6 is 0 Å². The molecule has 0 atom stereocenters. The average molecular weight is 260 g/mol. The van der Waals surface area contributed by atoms with E-state index in [0.717, 1.165) is 0 Å². The summed E-state index contributed by atoms with van der Waals surface area (Å²) in [6.45, 7) is 0.156. The molecule has 2 rings (SSSR count). The zero-order valence-corrected chi connectivity index (χ0v) is 10.00. The molecular weight excluding hydrogens is 248 g/mol. The standard InChI is InChI=1S/C12H12N4O3/c17-11(15-6-9-2-1-5-19-9)8-16-12(18)10-7-13-3-4-14-10/h1-5,7H,6,8H2,(H,15,17)(H,16,18). The molecule has 98 valence electrons. The number of hydrogen-bond donors (Lipinski definition) is 2. The molecule has 0 aliphatic carbocycles. The van der Waals surface area contributed by atoms with Crippen molar-refractivity contribution in [2.24, 2.45) is 0 Å². The summed E-state index contributed by atoms with van der Waals surface area (Å²) in [4.78, 5) is 30.6. The Bertz CT molecular complexity index is 539. The van der Waals surface area contributed by atoms with Crippen LogP contribution in [0.15, 0.2) is 41.4 Å². The normalized spacial score (nSPS) is 9.89. The van der Waals surface area contributed by atoms with E-state index in [1.807, 2.05) is 0 Å². The largest absolute Gasteiger partial charge is 0.467 e. The molecule has 2 aromatic rings. The van der Waals surface area contributed by atoms with Crippen LogP contribution in [0, 0.1) is 0 Å². The lowest BCUT2D eigenvalue weighted by atomic mass is 10.4. The summed E-state index contributed by atoms with van der Waals surface area (Å²) >= 11 is 0. The molecule has 0 aromatic carbocycles. The zero-order valence-electron chi connectivity index (χ0n) is 10.00. The maximum absolute atomic E-state index is 11.6. The Labute approximate surface area is 109 Å². The first-order chi connectivity index (χ1) is 9.25. The Hall–Kier alpha value is -2.70. The lowest BCUT2D eigenvalue weighted by Gasteiger charge is -2.05. The zero-order chi connectivity index (χ0) is 13.5. The minimum Gasteiger partial charge on any atom is -0.467 e. The van der Waals surface area contributed by atoms with E-state index in [9.17, 15) is 9.59 Å². The summed E-state index contributed by atoms with van der Waals surface area (Å²) in [5, 5.41) is 5.05. The third-order valence-electron chi connectivity index (χ3n) is 2.25. The quantitative estimate of drug-likeness (QED) is 0.795. The lowest BCUT2D eigenvalue weighted by molar-refractivity contribution is -0.120. The van der Waals surface area contributed by atoms with Crippen LogP contribution in [0.1, 0.15) is 16.2 Å². The summed E-state index contributed by atoms with van der Waals surface area (Å²) in [6, 6.07) is 3.48. The first-order valence-corrected chi connectivity index (χ1v) is 5.59. The van der Waals surface area contributed by atoms with Gasteiger partial charge in [0.15, 0.2) is 0 Å². The topological polar surface area (TPSA) is 97.1 Å². The van der Waals surface area contributed by atoms with Gasteiger partial charge in [-0.15, -0.1) is 0 Å². The highest BCUT2D eigenvalue weighted by atomic mass is 16.3. The summed E-state index contributed by atoms with van der Waals surface area (Å²) in [5.41, 5.74) is 0.168. The Kier molecular flexibility index (Phi) is 4.22. The van der Waals surface area contributed by atoms with Crippen LogP contribution in [0.3, 0.4) is 0 Å². The van der Waals surface area contributed by atoms with E-state index in [2.05, 4.69) is 20.6 Å². The van der Waals surface area contributed by atoms with Gasteiger partial charge in [-0.05, 0) is 12.1 Å². The molecule has 0 saturated heterocycles. The SMILES string of the molecule is O=C(CNC(=O)c1cnccn1)NCc1ccco1. The van der Waals surface area contributed by atoms with Crippen molar-refractivity contribution < 1.29 is 14.0 Å². The molecule has 0 bridgehead atoms. The van der Waals surface area contributed by atoms with Gasteiger partial charge < -0.3 is 15.1 Å². The van der Waals surface area contributed by atoms with Gasteiger partial charge in [-0.3, -0.25) is 14.6 Å². The molecule has 19 heavy (non-hydrogen) atoms. The van der Waals surface area contributed by atoms with Crippen molar-refractivity contribution in [2.75, 3.05) is 6.54 Å². The summed E-state index contributed by atoms with van der Waals surface area (Å²) < 4.78 is 5.06. The van der Waals surface area contributed by atoms with E-state index in [1.165, 1.54) is 24.9 Å². The van der Waals surface area contributed by atoms with Crippen molar-refractivity contribution >= 4 is 11.8 Å². The Morgan fingerprint density at radius 3 is 2.84 bits per heavy atom. The van der Waals surface area contributed by atoms with Gasteiger partial charge in [-0.1, -0.05) is 0 Å². The van der Waals surface area contributed by atoms with Crippen LogP contribution in [-0.2, 0) is 11.3 Å². The van der Waals surface area contributed by atoms with Gasteiger partial charge in [-0.2, -0.15) is 0 Å². The molecule has 2 amide bonds. The monoisotopic (exact) mass is 260 g/mol. The van der Waals surface area contributed by atoms with Crippen LogP contribution in [0.4, 0.5) is 0 Å². The van der Waals surface area contributed by atoms with Gasteiger partial charge >= 0.3 is 0 Å². The van der Waals surface area contributed by atoms with Gasteiger partial charge in [0.2, 0.25) is 5.91 Å². The molecule has 0 spiro atoms. The van der Waals surface area contributed by atoms with Crippen LogP contribution in [0.5, 0.6) is 0 Å². The Morgan fingerprint density at radius 1 is 1.26 bits per heavy atom. The van der Waals surface area contributed by atoms with E-state index < -0.39 is 5.91 Å². The highest BCUT2D eigenvalue weighted by Crippen LogP contribution is 1.98. The fraction of sp³-hybridized carbons (Fsp3) is 0.167. The molecule has 2 aromatic heterocycles. The van der Waals surface area contributed by atoms with Crippen LogP contribution < -0.4 is 10.6 Å². The van der Waals surface area contributed by atoms with Crippen molar-refractivity contribution in [1.29, 1.82) is 0 Å². The smallest absolute Gasteiger partial charge is 0.271 e. The summed E-state index contributed by atoms with van der Waals surface area (Å²) in [7, 11) is 0. The molecule has 0 aliphatic rings. The van der Waals surface area contributed by atoms with Crippen molar-refractivity contribution in [3.05, 3.63) is 48.4 Å². The number of amides is 2. The number of nitrogens with zero attached hydrogens (tertiary/aromatic N) is 2. The highest BCUT2D eigenvalue weighted by molar-refractivity contribution is 5.94. The maximum atomic E-state index is 11.6. The van der Waals surface area contributed by atoms with E-state index in [0.29, 0.717) is 5.76 Å². The van der Waals surface area contributed by atoms with Gasteiger partial charge in [0, 0.05) is 12.4 Å². The van der Waals surface area contributed by atoms with Gasteiger partial charge in [0.05, 0.1) is 25.5 Å². The Morgan fingerprint density at radius 2 is 2.16 bits per heavy atom. The second-order valence-corrected chi connectivity index (χ2v) is 3.63. The number of furan rings is 1. The molecule has 2 N–H and O–H groups in total.